The van der Waals surface area contributed by atoms with Crippen LogP contribution in [-0.4, -0.2) is 43.6 Å². The number of nitrogens with zero attached hydrogens (tertiary/aromatic N) is 5. The Balaban J connectivity index is 1.44. The average molecular weight is 504 g/mol. The van der Waals surface area contributed by atoms with E-state index in [0.29, 0.717) is 62.5 Å². The number of halogens is 1. The number of amides is 2. The second-order valence-corrected chi connectivity index (χ2v) is 9.51. The van der Waals surface area contributed by atoms with Gasteiger partial charge >= 0.3 is 0 Å². The highest BCUT2D eigenvalue weighted by Crippen LogP contribution is 2.41. The van der Waals surface area contributed by atoms with Crippen molar-refractivity contribution >= 4 is 40.1 Å². The largest absolute Gasteiger partial charge is 0.482 e. The Labute approximate surface area is 210 Å². The van der Waals surface area contributed by atoms with E-state index in [1.807, 2.05) is 12.1 Å². The molecule has 10 nitrogen and oxygen atoms in total. The molecule has 36 heavy (non-hydrogen) atoms. The molecule has 3 N–H and O–H groups in total. The smallest absolute Gasteiger partial charge is 0.265 e. The van der Waals surface area contributed by atoms with Crippen molar-refractivity contribution in [3.8, 4) is 16.9 Å². The van der Waals surface area contributed by atoms with Crippen molar-refractivity contribution in [2.45, 2.75) is 32.2 Å². The van der Waals surface area contributed by atoms with Crippen molar-refractivity contribution in [3.63, 3.8) is 0 Å². The Morgan fingerprint density at radius 1 is 1.22 bits per heavy atom. The molecular formula is C25H22ClN7O3. The van der Waals surface area contributed by atoms with Gasteiger partial charge in [0.1, 0.15) is 11.6 Å². The summed E-state index contributed by atoms with van der Waals surface area (Å²) in [7, 11) is 0. The molecule has 1 fully saturated rings. The molecule has 1 saturated carbocycles. The van der Waals surface area contributed by atoms with Gasteiger partial charge in [0.15, 0.2) is 12.3 Å². The van der Waals surface area contributed by atoms with Gasteiger partial charge in [-0.25, -0.2) is 15.0 Å². The first-order valence-electron chi connectivity index (χ1n) is 11.7. The fourth-order valence-electron chi connectivity index (χ4n) is 4.80. The number of hydrogen-bond acceptors (Lipinski definition) is 7. The van der Waals surface area contributed by atoms with Crippen LogP contribution >= 0.6 is 11.6 Å². The van der Waals surface area contributed by atoms with Gasteiger partial charge in [0.05, 0.1) is 34.7 Å². The lowest BCUT2D eigenvalue weighted by molar-refractivity contribution is -0.121. The molecule has 0 atom stereocenters. The Morgan fingerprint density at radius 3 is 2.75 bits per heavy atom. The fraction of sp³-hybridized carbons (Fsp3) is 0.280. The number of rotatable bonds is 6. The molecule has 0 radical (unpaired) electrons. The molecule has 1 aliphatic carbocycles. The van der Waals surface area contributed by atoms with Crippen molar-refractivity contribution in [2.24, 2.45) is 11.7 Å². The van der Waals surface area contributed by atoms with Gasteiger partial charge in [0.2, 0.25) is 0 Å². The van der Waals surface area contributed by atoms with Crippen molar-refractivity contribution in [3.05, 3.63) is 58.9 Å². The van der Waals surface area contributed by atoms with Gasteiger partial charge in [0, 0.05) is 23.3 Å². The second-order valence-electron chi connectivity index (χ2n) is 9.07. The summed E-state index contributed by atoms with van der Waals surface area (Å²) in [5.41, 5.74) is 9.54. The Kier molecular flexibility index (Phi) is 5.52. The van der Waals surface area contributed by atoms with Crippen LogP contribution in [0.2, 0.25) is 5.02 Å². The molecule has 11 heteroatoms. The summed E-state index contributed by atoms with van der Waals surface area (Å²) in [5.74, 6) is 0.701. The summed E-state index contributed by atoms with van der Waals surface area (Å²) in [5, 5.41) is 8.20. The average Bonchev–Trinajstić information content (AvgIpc) is 3.31. The highest BCUT2D eigenvalue weighted by Gasteiger charge is 2.29. The zero-order valence-corrected chi connectivity index (χ0v) is 20.0. The molecule has 2 amide bonds. The molecule has 182 valence electrons. The highest BCUT2D eigenvalue weighted by atomic mass is 35.5. The van der Waals surface area contributed by atoms with E-state index in [2.05, 4.69) is 20.2 Å². The normalized spacial score (nSPS) is 15.5. The number of benzene rings is 1. The summed E-state index contributed by atoms with van der Waals surface area (Å²) < 4.78 is 5.79. The molecular weight excluding hydrogens is 482 g/mol. The number of fused-ring (bicyclic) bond motifs is 2. The number of carbonyl (C=O) groups excluding carboxylic acids is 2. The van der Waals surface area contributed by atoms with Crippen LogP contribution in [-0.2, 0) is 17.8 Å². The van der Waals surface area contributed by atoms with Crippen molar-refractivity contribution in [2.75, 3.05) is 11.5 Å². The van der Waals surface area contributed by atoms with Crippen LogP contribution in [0.15, 0.2) is 36.8 Å². The number of nitrogens with one attached hydrogen (secondary N) is 1. The Bertz CT molecular complexity index is 1500. The number of primary amides is 1. The summed E-state index contributed by atoms with van der Waals surface area (Å²) >= 11 is 5.89. The van der Waals surface area contributed by atoms with Crippen LogP contribution in [0.4, 0.5) is 5.69 Å². The summed E-state index contributed by atoms with van der Waals surface area (Å²) in [6.07, 6.45) is 8.73. The van der Waals surface area contributed by atoms with E-state index in [1.54, 1.807) is 17.2 Å². The van der Waals surface area contributed by atoms with Crippen LogP contribution in [0.25, 0.3) is 22.2 Å². The van der Waals surface area contributed by atoms with Gasteiger partial charge in [0.25, 0.3) is 11.8 Å². The zero-order valence-electron chi connectivity index (χ0n) is 19.2. The lowest BCUT2D eigenvalue weighted by Crippen LogP contribution is -2.38. The molecule has 0 bridgehead atoms. The third kappa shape index (κ3) is 3.93. The van der Waals surface area contributed by atoms with Gasteiger partial charge < -0.3 is 10.5 Å². The molecule has 1 aliphatic heterocycles. The highest BCUT2D eigenvalue weighted by molar-refractivity contribution is 6.30. The Morgan fingerprint density at radius 2 is 2.03 bits per heavy atom. The number of hydrogen-bond donors (Lipinski definition) is 2. The molecule has 2 aliphatic rings. The van der Waals surface area contributed by atoms with E-state index < -0.39 is 5.91 Å². The summed E-state index contributed by atoms with van der Waals surface area (Å²) in [6.45, 7) is 0.0438. The number of H-pyrrole nitrogens is 1. The third-order valence-corrected chi connectivity index (χ3v) is 6.99. The van der Waals surface area contributed by atoms with Crippen LogP contribution < -0.4 is 15.4 Å². The van der Waals surface area contributed by atoms with E-state index >= 15 is 0 Å². The van der Waals surface area contributed by atoms with Crippen molar-refractivity contribution < 1.29 is 14.3 Å². The topological polar surface area (TPSA) is 140 Å². The Hall–Kier alpha value is -4.05. The molecule has 0 spiro atoms. The monoisotopic (exact) mass is 503 g/mol. The molecule has 6 rings (SSSR count). The predicted molar refractivity (Wildman–Crippen MR) is 133 cm³/mol. The fourth-order valence-corrected chi connectivity index (χ4v) is 4.89. The standard InChI is InChI=1S/C25H22ClN7O3/c26-15-8-28-20(29-9-15)11-33-18-5-4-14(7-19(18)36-12-21(33)34)22-16-10-30-32-25(16)31-17(23(22)24(27)35)6-13-2-1-3-13/h4-5,7-10,13H,1-3,6,11-12H2,(H2,27,35)(H,30,31,32). The quantitative estimate of drug-likeness (QED) is 0.410. The number of nitrogens with two attached hydrogens (primary N) is 1. The number of aromatic nitrogens is 5. The van der Waals surface area contributed by atoms with E-state index in [-0.39, 0.29) is 19.1 Å². The minimum atomic E-state index is -0.537. The molecule has 0 saturated heterocycles. The maximum atomic E-state index is 12.7. The van der Waals surface area contributed by atoms with E-state index in [9.17, 15) is 9.59 Å². The van der Waals surface area contributed by atoms with Gasteiger partial charge in [-0.15, -0.1) is 0 Å². The SMILES string of the molecule is NC(=O)c1c(CC2CCC2)nc2[nH]ncc2c1-c1ccc2c(c1)OCC(=O)N2Cc1ncc(Cl)cn1. The lowest BCUT2D eigenvalue weighted by atomic mass is 9.80. The maximum absolute atomic E-state index is 12.7. The summed E-state index contributed by atoms with van der Waals surface area (Å²) in [6, 6.07) is 5.46. The minimum Gasteiger partial charge on any atom is -0.482 e. The summed E-state index contributed by atoms with van der Waals surface area (Å²) in [4.78, 5) is 40.1. The first-order valence-corrected chi connectivity index (χ1v) is 12.1. The van der Waals surface area contributed by atoms with Gasteiger partial charge in [-0.3, -0.25) is 19.6 Å². The first-order chi connectivity index (χ1) is 17.5. The maximum Gasteiger partial charge on any atom is 0.265 e. The van der Waals surface area contributed by atoms with Gasteiger partial charge in [-0.2, -0.15) is 5.10 Å². The van der Waals surface area contributed by atoms with Crippen molar-refractivity contribution in [1.29, 1.82) is 0 Å². The first kappa shape index (κ1) is 22.4. The number of carbonyl (C=O) groups is 2. The van der Waals surface area contributed by atoms with E-state index in [0.717, 1.165) is 18.4 Å². The lowest BCUT2D eigenvalue weighted by Gasteiger charge is -2.29. The molecule has 4 heterocycles. The zero-order chi connectivity index (χ0) is 24.8. The predicted octanol–water partition coefficient (Wildman–Crippen LogP) is 3.44. The second kappa shape index (κ2) is 8.87. The van der Waals surface area contributed by atoms with E-state index in [4.69, 9.17) is 27.1 Å². The van der Waals surface area contributed by atoms with Crippen LogP contribution in [0, 0.1) is 5.92 Å². The van der Waals surface area contributed by atoms with Crippen LogP contribution in [0.5, 0.6) is 5.75 Å². The molecule has 0 unspecified atom stereocenters. The third-order valence-electron chi connectivity index (χ3n) is 6.79. The minimum absolute atomic E-state index is 0.128. The number of aromatic amines is 1. The number of anilines is 1. The van der Waals surface area contributed by atoms with E-state index in [1.165, 1.54) is 18.8 Å². The van der Waals surface area contributed by atoms with Crippen LogP contribution in [0.3, 0.4) is 0 Å². The van der Waals surface area contributed by atoms with Crippen molar-refractivity contribution in [1.82, 2.24) is 25.1 Å². The molecule has 3 aromatic heterocycles. The van der Waals surface area contributed by atoms with Crippen LogP contribution in [0.1, 0.15) is 41.1 Å². The van der Waals surface area contributed by atoms with Gasteiger partial charge in [-0.1, -0.05) is 36.9 Å². The molecule has 1 aromatic carbocycles. The number of pyridine rings is 1. The molecule has 4 aromatic rings. The van der Waals surface area contributed by atoms with Gasteiger partial charge in [-0.05, 0) is 30.0 Å². The number of ether oxygens (including phenoxy) is 1.